The van der Waals surface area contributed by atoms with Crippen molar-refractivity contribution in [1.29, 1.82) is 0 Å². The van der Waals surface area contributed by atoms with Gasteiger partial charge in [-0.05, 0) is 29.6 Å². The lowest BCUT2D eigenvalue weighted by molar-refractivity contribution is 0.0950. The van der Waals surface area contributed by atoms with E-state index in [0.29, 0.717) is 16.6 Å². The van der Waals surface area contributed by atoms with Crippen LogP contribution in [0.5, 0.6) is 0 Å². The van der Waals surface area contributed by atoms with E-state index in [1.807, 2.05) is 36.7 Å². The SMILES string of the molecule is Cn1nnc2cc(-c3noc(CNC(=O)c4cccs4)n3)ccc21. The Hall–Kier alpha value is -3.07. The van der Waals surface area contributed by atoms with Crippen molar-refractivity contribution in [2.45, 2.75) is 6.54 Å². The van der Waals surface area contributed by atoms with Crippen LogP contribution in [0, 0.1) is 0 Å². The highest BCUT2D eigenvalue weighted by Crippen LogP contribution is 2.20. The lowest BCUT2D eigenvalue weighted by atomic mass is 10.2. The second kappa shape index (κ2) is 5.85. The van der Waals surface area contributed by atoms with Crippen molar-refractivity contribution in [3.8, 4) is 11.4 Å². The Morgan fingerprint density at radius 3 is 3.12 bits per heavy atom. The van der Waals surface area contributed by atoms with E-state index in [2.05, 4.69) is 25.8 Å². The van der Waals surface area contributed by atoms with E-state index in [1.165, 1.54) is 11.3 Å². The van der Waals surface area contributed by atoms with Crippen LogP contribution in [0.4, 0.5) is 0 Å². The number of amides is 1. The smallest absolute Gasteiger partial charge is 0.261 e. The van der Waals surface area contributed by atoms with Gasteiger partial charge in [-0.15, -0.1) is 16.4 Å². The van der Waals surface area contributed by atoms with Gasteiger partial charge in [-0.25, -0.2) is 4.68 Å². The first-order valence-corrected chi connectivity index (χ1v) is 8.03. The highest BCUT2D eigenvalue weighted by Gasteiger charge is 2.12. The molecule has 0 spiro atoms. The van der Waals surface area contributed by atoms with Crippen molar-refractivity contribution < 1.29 is 9.32 Å². The molecule has 1 amide bonds. The van der Waals surface area contributed by atoms with E-state index < -0.39 is 0 Å². The Bertz CT molecular complexity index is 1000. The van der Waals surface area contributed by atoms with Crippen LogP contribution in [0.25, 0.3) is 22.4 Å². The summed E-state index contributed by atoms with van der Waals surface area (Å²) in [6.07, 6.45) is 0. The molecular formula is C15H12N6O2S. The zero-order chi connectivity index (χ0) is 16.5. The number of hydrogen-bond donors (Lipinski definition) is 1. The maximum absolute atomic E-state index is 11.9. The monoisotopic (exact) mass is 340 g/mol. The predicted molar refractivity (Wildman–Crippen MR) is 87.3 cm³/mol. The first-order valence-electron chi connectivity index (χ1n) is 7.15. The Balaban J connectivity index is 1.50. The normalized spacial score (nSPS) is 11.0. The lowest BCUT2D eigenvalue weighted by Gasteiger charge is -1.98. The molecule has 3 aromatic heterocycles. The van der Waals surface area contributed by atoms with Gasteiger partial charge in [0.05, 0.1) is 16.9 Å². The maximum atomic E-state index is 11.9. The first-order chi connectivity index (χ1) is 11.7. The van der Waals surface area contributed by atoms with Crippen LogP contribution in [-0.4, -0.2) is 31.0 Å². The lowest BCUT2D eigenvalue weighted by Crippen LogP contribution is -2.21. The van der Waals surface area contributed by atoms with Crippen molar-refractivity contribution in [3.05, 3.63) is 46.5 Å². The molecule has 0 saturated carbocycles. The minimum atomic E-state index is -0.161. The van der Waals surface area contributed by atoms with Crippen LogP contribution in [0.2, 0.25) is 0 Å². The number of fused-ring (bicyclic) bond motifs is 1. The summed E-state index contributed by atoms with van der Waals surface area (Å²) in [4.78, 5) is 16.8. The van der Waals surface area contributed by atoms with E-state index >= 15 is 0 Å². The minimum Gasteiger partial charge on any atom is -0.342 e. The number of rotatable bonds is 4. The summed E-state index contributed by atoms with van der Waals surface area (Å²) >= 11 is 1.38. The molecule has 24 heavy (non-hydrogen) atoms. The molecule has 4 rings (SSSR count). The topological polar surface area (TPSA) is 98.7 Å². The van der Waals surface area contributed by atoms with Gasteiger partial charge in [-0.3, -0.25) is 4.79 Å². The van der Waals surface area contributed by atoms with Crippen LogP contribution < -0.4 is 5.32 Å². The molecule has 0 atom stereocenters. The fraction of sp³-hybridized carbons (Fsp3) is 0.133. The molecule has 0 aliphatic carbocycles. The number of aryl methyl sites for hydroxylation is 1. The summed E-state index contributed by atoms with van der Waals surface area (Å²) in [5.74, 6) is 0.628. The highest BCUT2D eigenvalue weighted by molar-refractivity contribution is 7.12. The molecule has 120 valence electrons. The van der Waals surface area contributed by atoms with Crippen LogP contribution in [0.1, 0.15) is 15.6 Å². The summed E-state index contributed by atoms with van der Waals surface area (Å²) in [6.45, 7) is 0.178. The molecule has 0 radical (unpaired) electrons. The van der Waals surface area contributed by atoms with Crippen molar-refractivity contribution >= 4 is 28.3 Å². The Labute approximate surface area is 140 Å². The number of hydrogen-bond acceptors (Lipinski definition) is 7. The van der Waals surface area contributed by atoms with Gasteiger partial charge in [-0.2, -0.15) is 4.98 Å². The molecule has 0 aliphatic rings. The van der Waals surface area contributed by atoms with Crippen molar-refractivity contribution in [2.24, 2.45) is 7.05 Å². The average molecular weight is 340 g/mol. The quantitative estimate of drug-likeness (QED) is 0.610. The van der Waals surface area contributed by atoms with Gasteiger partial charge in [0.1, 0.15) is 5.52 Å². The Morgan fingerprint density at radius 2 is 2.29 bits per heavy atom. The Morgan fingerprint density at radius 1 is 1.38 bits per heavy atom. The molecule has 8 nitrogen and oxygen atoms in total. The number of aromatic nitrogens is 5. The fourth-order valence-electron chi connectivity index (χ4n) is 2.27. The molecule has 4 aromatic rings. The van der Waals surface area contributed by atoms with Crippen molar-refractivity contribution in [2.75, 3.05) is 0 Å². The number of benzene rings is 1. The van der Waals surface area contributed by atoms with Crippen LogP contribution >= 0.6 is 11.3 Å². The van der Waals surface area contributed by atoms with Gasteiger partial charge in [0.25, 0.3) is 5.91 Å². The van der Waals surface area contributed by atoms with Gasteiger partial charge in [-0.1, -0.05) is 16.4 Å². The summed E-state index contributed by atoms with van der Waals surface area (Å²) in [5, 5.41) is 16.6. The van der Waals surface area contributed by atoms with Crippen LogP contribution in [-0.2, 0) is 13.6 Å². The van der Waals surface area contributed by atoms with Crippen molar-refractivity contribution in [1.82, 2.24) is 30.5 Å². The molecule has 9 heteroatoms. The van der Waals surface area contributed by atoms with Gasteiger partial charge in [0, 0.05) is 12.6 Å². The summed E-state index contributed by atoms with van der Waals surface area (Å²) < 4.78 is 6.89. The third-order valence-electron chi connectivity index (χ3n) is 3.48. The number of carbonyl (C=O) groups excluding carboxylic acids is 1. The molecule has 0 bridgehead atoms. The van der Waals surface area contributed by atoms with Crippen molar-refractivity contribution in [3.63, 3.8) is 0 Å². The molecule has 3 heterocycles. The summed E-state index contributed by atoms with van der Waals surface area (Å²) in [6, 6.07) is 9.22. The number of carbonyl (C=O) groups is 1. The minimum absolute atomic E-state index is 0.161. The number of nitrogens with zero attached hydrogens (tertiary/aromatic N) is 5. The maximum Gasteiger partial charge on any atom is 0.261 e. The molecule has 0 unspecified atom stereocenters. The van der Waals surface area contributed by atoms with Crippen LogP contribution in [0.15, 0.2) is 40.2 Å². The molecule has 0 fully saturated rings. The van der Waals surface area contributed by atoms with E-state index in [0.717, 1.165) is 16.6 Å². The first kappa shape index (κ1) is 14.5. The Kier molecular flexibility index (Phi) is 3.54. The predicted octanol–water partition coefficient (Wildman–Crippen LogP) is 2.01. The van der Waals surface area contributed by atoms with E-state index in [1.54, 1.807) is 10.7 Å². The van der Waals surface area contributed by atoms with E-state index in [-0.39, 0.29) is 12.5 Å². The largest absolute Gasteiger partial charge is 0.342 e. The van der Waals surface area contributed by atoms with E-state index in [4.69, 9.17) is 4.52 Å². The molecule has 0 aliphatic heterocycles. The third kappa shape index (κ3) is 2.65. The third-order valence-corrected chi connectivity index (χ3v) is 4.35. The van der Waals surface area contributed by atoms with E-state index in [9.17, 15) is 4.79 Å². The van der Waals surface area contributed by atoms with Gasteiger partial charge in [0.15, 0.2) is 0 Å². The molecule has 0 saturated heterocycles. The van der Waals surface area contributed by atoms with Gasteiger partial charge >= 0.3 is 0 Å². The zero-order valence-corrected chi connectivity index (χ0v) is 13.4. The van der Waals surface area contributed by atoms with Gasteiger partial charge < -0.3 is 9.84 Å². The zero-order valence-electron chi connectivity index (χ0n) is 12.6. The molecular weight excluding hydrogens is 328 g/mol. The number of nitrogens with one attached hydrogen (secondary N) is 1. The summed E-state index contributed by atoms with van der Waals surface area (Å²) in [5.41, 5.74) is 2.46. The highest BCUT2D eigenvalue weighted by atomic mass is 32.1. The second-order valence-electron chi connectivity index (χ2n) is 5.09. The van der Waals surface area contributed by atoms with Gasteiger partial charge in [0.2, 0.25) is 11.7 Å². The fourth-order valence-corrected chi connectivity index (χ4v) is 2.91. The summed E-state index contributed by atoms with van der Waals surface area (Å²) in [7, 11) is 1.83. The molecule has 1 N–H and O–H groups in total. The van der Waals surface area contributed by atoms with Crippen LogP contribution in [0.3, 0.4) is 0 Å². The molecule has 1 aromatic carbocycles. The number of thiophene rings is 1. The standard InChI is InChI=1S/C15H12N6O2S/c1-21-11-5-4-9(7-10(11)18-20-21)14-17-13(23-19-14)8-16-15(22)12-3-2-6-24-12/h2-7H,8H2,1H3,(H,16,22). The second-order valence-corrected chi connectivity index (χ2v) is 6.04. The average Bonchev–Trinajstić information content (AvgIpc) is 3.34.